The van der Waals surface area contributed by atoms with Crippen molar-refractivity contribution in [1.29, 1.82) is 0 Å². The van der Waals surface area contributed by atoms with E-state index in [1.54, 1.807) is 24.3 Å². The maximum Gasteiger partial charge on any atom is 0.323 e. The number of halogens is 1. The molecule has 2 aromatic carbocycles. The van der Waals surface area contributed by atoms with Gasteiger partial charge in [0.15, 0.2) is 0 Å². The summed E-state index contributed by atoms with van der Waals surface area (Å²) in [5.74, 6) is -0.183. The lowest BCUT2D eigenvalue weighted by molar-refractivity contribution is 0.102. The van der Waals surface area contributed by atoms with Gasteiger partial charge >= 0.3 is 5.69 Å². The molecule has 0 aliphatic heterocycles. The van der Waals surface area contributed by atoms with Crippen LogP contribution in [0.2, 0.25) is 0 Å². The molecule has 1 heterocycles. The fraction of sp³-hybridized carbons (Fsp3) is 0.0667. The van der Waals surface area contributed by atoms with Crippen molar-refractivity contribution in [1.82, 2.24) is 9.97 Å². The van der Waals surface area contributed by atoms with Gasteiger partial charge in [-0.05, 0) is 48.9 Å². The average Bonchev–Trinajstić information content (AvgIpc) is 2.77. The second-order valence-electron chi connectivity index (χ2n) is 4.75. The average molecular weight is 346 g/mol. The van der Waals surface area contributed by atoms with Crippen molar-refractivity contribution in [3.63, 3.8) is 0 Å². The van der Waals surface area contributed by atoms with E-state index in [9.17, 15) is 9.59 Å². The predicted molar refractivity (Wildman–Crippen MR) is 85.8 cm³/mol. The Morgan fingerprint density at radius 2 is 1.86 bits per heavy atom. The first-order valence-electron chi connectivity index (χ1n) is 6.32. The first-order valence-corrected chi connectivity index (χ1v) is 7.12. The quantitative estimate of drug-likeness (QED) is 0.666. The lowest BCUT2D eigenvalue weighted by Crippen LogP contribution is -2.13. The Hall–Kier alpha value is -2.34. The van der Waals surface area contributed by atoms with E-state index in [-0.39, 0.29) is 11.6 Å². The molecule has 0 aliphatic rings. The molecule has 6 heteroatoms. The number of hydrogen-bond acceptors (Lipinski definition) is 2. The van der Waals surface area contributed by atoms with Crippen LogP contribution in [-0.4, -0.2) is 15.9 Å². The molecule has 3 rings (SSSR count). The highest BCUT2D eigenvalue weighted by atomic mass is 79.9. The van der Waals surface area contributed by atoms with Gasteiger partial charge in [0.25, 0.3) is 5.91 Å². The molecular weight excluding hydrogens is 334 g/mol. The number of H-pyrrole nitrogens is 2. The summed E-state index contributed by atoms with van der Waals surface area (Å²) in [6, 6.07) is 10.7. The van der Waals surface area contributed by atoms with Crippen LogP contribution in [0.5, 0.6) is 0 Å². The molecule has 5 nitrogen and oxygen atoms in total. The summed E-state index contributed by atoms with van der Waals surface area (Å²) in [5.41, 5.74) is 3.23. The first-order chi connectivity index (χ1) is 10.0. The smallest absolute Gasteiger partial charge is 0.322 e. The molecule has 3 aromatic rings. The third kappa shape index (κ3) is 2.75. The number of carbonyl (C=O) groups excluding carboxylic acids is 1. The topological polar surface area (TPSA) is 77.8 Å². The number of hydrogen-bond donors (Lipinski definition) is 3. The monoisotopic (exact) mass is 345 g/mol. The van der Waals surface area contributed by atoms with Crippen LogP contribution in [0.3, 0.4) is 0 Å². The Morgan fingerprint density at radius 1 is 1.10 bits per heavy atom. The number of aromatic amines is 2. The maximum absolute atomic E-state index is 12.3. The lowest BCUT2D eigenvalue weighted by atomic mass is 10.1. The third-order valence-electron chi connectivity index (χ3n) is 3.21. The third-order valence-corrected chi connectivity index (χ3v) is 3.70. The fourth-order valence-electron chi connectivity index (χ4n) is 2.19. The number of rotatable bonds is 2. The number of aryl methyl sites for hydroxylation is 1. The van der Waals surface area contributed by atoms with Gasteiger partial charge in [0.2, 0.25) is 0 Å². The maximum atomic E-state index is 12.3. The van der Waals surface area contributed by atoms with Crippen LogP contribution in [-0.2, 0) is 0 Å². The molecule has 0 atom stereocenters. The first kappa shape index (κ1) is 13.6. The van der Waals surface area contributed by atoms with Crippen LogP contribution in [0.1, 0.15) is 15.9 Å². The van der Waals surface area contributed by atoms with E-state index in [0.29, 0.717) is 22.3 Å². The standard InChI is InChI=1S/C15H12BrN3O2/c1-8-6-9(16)2-4-11(8)14(20)17-10-3-5-12-13(7-10)19-15(21)18-12/h2-7H,1H3,(H,17,20)(H2,18,19,21). The van der Waals surface area contributed by atoms with Gasteiger partial charge in [0.1, 0.15) is 0 Å². The molecule has 0 unspecified atom stereocenters. The SMILES string of the molecule is Cc1cc(Br)ccc1C(=O)Nc1ccc2[nH]c(=O)[nH]c2c1. The summed E-state index contributed by atoms with van der Waals surface area (Å²) >= 11 is 3.37. The Morgan fingerprint density at radius 3 is 2.62 bits per heavy atom. The van der Waals surface area contributed by atoms with Crippen molar-refractivity contribution < 1.29 is 4.79 Å². The predicted octanol–water partition coefficient (Wildman–Crippen LogP) is 3.18. The molecule has 0 bridgehead atoms. The molecule has 0 aliphatic carbocycles. The van der Waals surface area contributed by atoms with Crippen molar-refractivity contribution in [3.8, 4) is 0 Å². The number of imidazole rings is 1. The zero-order valence-electron chi connectivity index (χ0n) is 11.2. The zero-order valence-corrected chi connectivity index (χ0v) is 12.7. The van der Waals surface area contributed by atoms with Crippen LogP contribution in [0.15, 0.2) is 45.7 Å². The number of anilines is 1. The minimum Gasteiger partial charge on any atom is -0.322 e. The molecule has 0 saturated carbocycles. The fourth-order valence-corrected chi connectivity index (χ4v) is 2.67. The summed E-state index contributed by atoms with van der Waals surface area (Å²) in [7, 11) is 0. The summed E-state index contributed by atoms with van der Waals surface area (Å²) in [6.07, 6.45) is 0. The van der Waals surface area contributed by atoms with Gasteiger partial charge in [-0.3, -0.25) is 4.79 Å². The van der Waals surface area contributed by atoms with Gasteiger partial charge < -0.3 is 15.3 Å². The van der Waals surface area contributed by atoms with Gasteiger partial charge in [0, 0.05) is 15.7 Å². The number of aromatic nitrogens is 2. The highest BCUT2D eigenvalue weighted by Crippen LogP contribution is 2.19. The van der Waals surface area contributed by atoms with E-state index >= 15 is 0 Å². The van der Waals surface area contributed by atoms with Gasteiger partial charge in [-0.1, -0.05) is 15.9 Å². The van der Waals surface area contributed by atoms with Crippen molar-refractivity contribution >= 4 is 38.6 Å². The molecule has 0 radical (unpaired) electrons. The number of benzene rings is 2. The van der Waals surface area contributed by atoms with Crippen molar-refractivity contribution in [2.24, 2.45) is 0 Å². The van der Waals surface area contributed by atoms with Gasteiger partial charge in [0.05, 0.1) is 11.0 Å². The largest absolute Gasteiger partial charge is 0.323 e. The van der Waals surface area contributed by atoms with Gasteiger partial charge in [-0.2, -0.15) is 0 Å². The van der Waals surface area contributed by atoms with Crippen molar-refractivity contribution in [3.05, 3.63) is 62.5 Å². The molecule has 0 fully saturated rings. The zero-order chi connectivity index (χ0) is 15.0. The molecule has 1 amide bonds. The van der Waals surface area contributed by atoms with Gasteiger partial charge in [-0.25, -0.2) is 4.79 Å². The van der Waals surface area contributed by atoms with Crippen molar-refractivity contribution in [2.75, 3.05) is 5.32 Å². The summed E-state index contributed by atoms with van der Waals surface area (Å²) in [6.45, 7) is 1.88. The van der Waals surface area contributed by atoms with Crippen LogP contribution >= 0.6 is 15.9 Å². The van der Waals surface area contributed by atoms with Crippen molar-refractivity contribution in [2.45, 2.75) is 6.92 Å². The van der Waals surface area contributed by atoms with E-state index in [2.05, 4.69) is 31.2 Å². The minimum atomic E-state index is -0.266. The molecule has 1 aromatic heterocycles. The minimum absolute atomic E-state index is 0.183. The van der Waals surface area contributed by atoms with Crippen LogP contribution in [0.25, 0.3) is 11.0 Å². The van der Waals surface area contributed by atoms with Crippen LogP contribution in [0.4, 0.5) is 5.69 Å². The lowest BCUT2D eigenvalue weighted by Gasteiger charge is -2.08. The Labute approximate surface area is 128 Å². The summed E-state index contributed by atoms with van der Waals surface area (Å²) < 4.78 is 0.933. The Bertz CT molecular complexity index is 895. The Kier molecular flexibility index (Phi) is 3.39. The van der Waals surface area contributed by atoms with E-state index < -0.39 is 0 Å². The molecule has 3 N–H and O–H groups in total. The van der Waals surface area contributed by atoms with E-state index in [0.717, 1.165) is 10.0 Å². The molecule has 106 valence electrons. The van der Waals surface area contributed by atoms with Crippen LogP contribution < -0.4 is 11.0 Å². The van der Waals surface area contributed by atoms with E-state index in [4.69, 9.17) is 0 Å². The number of nitrogens with one attached hydrogen (secondary N) is 3. The highest BCUT2D eigenvalue weighted by molar-refractivity contribution is 9.10. The number of amides is 1. The Balaban J connectivity index is 1.90. The molecular formula is C15H12BrN3O2. The molecule has 0 saturated heterocycles. The van der Waals surface area contributed by atoms with Gasteiger partial charge in [-0.15, -0.1) is 0 Å². The molecule has 0 spiro atoms. The second-order valence-corrected chi connectivity index (χ2v) is 5.67. The number of carbonyl (C=O) groups is 1. The second kappa shape index (κ2) is 5.21. The number of fused-ring (bicyclic) bond motifs is 1. The normalized spacial score (nSPS) is 10.8. The van der Waals surface area contributed by atoms with Crippen LogP contribution in [0, 0.1) is 6.92 Å². The highest BCUT2D eigenvalue weighted by Gasteiger charge is 2.10. The molecule has 21 heavy (non-hydrogen) atoms. The van der Waals surface area contributed by atoms with E-state index in [1.165, 1.54) is 0 Å². The summed E-state index contributed by atoms with van der Waals surface area (Å²) in [5, 5.41) is 2.83. The van der Waals surface area contributed by atoms with E-state index in [1.807, 2.05) is 19.1 Å². The summed E-state index contributed by atoms with van der Waals surface area (Å²) in [4.78, 5) is 28.8.